The fourth-order valence-corrected chi connectivity index (χ4v) is 3.60. The average molecular weight is 259 g/mol. The summed E-state index contributed by atoms with van der Waals surface area (Å²) < 4.78 is 11.2. The van der Waals surface area contributed by atoms with Gasteiger partial charge in [0.15, 0.2) is 0 Å². The lowest BCUT2D eigenvalue weighted by atomic mass is 10.0. The van der Waals surface area contributed by atoms with Crippen molar-refractivity contribution in [1.29, 1.82) is 0 Å². The zero-order chi connectivity index (χ0) is 12.4. The monoisotopic (exact) mass is 259 g/mol. The van der Waals surface area contributed by atoms with Gasteiger partial charge < -0.3 is 10.0 Å². The zero-order valence-electron chi connectivity index (χ0n) is 9.63. The Morgan fingerprint density at radius 2 is 1.71 bits per heavy atom. The minimum Gasteiger partial charge on any atom is -0.481 e. The molecule has 0 bridgehead atoms. The Morgan fingerprint density at radius 3 is 2.24 bits per heavy atom. The number of aliphatic carboxylic acids is 1. The first kappa shape index (κ1) is 12.5. The Hall–Kier alpha value is -0.910. The first-order valence-electron chi connectivity index (χ1n) is 5.94. The van der Waals surface area contributed by atoms with E-state index in [0.29, 0.717) is 43.9 Å². The Kier molecular flexibility index (Phi) is 3.81. The molecule has 2 aliphatic rings. The van der Waals surface area contributed by atoms with Crippen LogP contribution >= 0.6 is 0 Å². The maximum absolute atomic E-state index is 12.1. The van der Waals surface area contributed by atoms with Gasteiger partial charge in [-0.3, -0.25) is 13.8 Å². The first-order chi connectivity index (χ1) is 8.08. The summed E-state index contributed by atoms with van der Waals surface area (Å²) in [4.78, 5) is 24.7. The third kappa shape index (κ3) is 2.86. The summed E-state index contributed by atoms with van der Waals surface area (Å²) in [6, 6.07) is 0. The van der Waals surface area contributed by atoms with Crippen LogP contribution in [0.3, 0.4) is 0 Å². The number of amides is 1. The van der Waals surface area contributed by atoms with Crippen molar-refractivity contribution in [3.05, 3.63) is 0 Å². The van der Waals surface area contributed by atoms with Crippen LogP contribution in [-0.2, 0) is 20.4 Å². The highest BCUT2D eigenvalue weighted by Crippen LogP contribution is 2.32. The molecule has 96 valence electrons. The van der Waals surface area contributed by atoms with E-state index in [9.17, 15) is 13.8 Å². The van der Waals surface area contributed by atoms with Gasteiger partial charge in [0.25, 0.3) is 0 Å². The number of nitrogens with zero attached hydrogens (tertiary/aromatic N) is 1. The number of carboxylic acids is 1. The lowest BCUT2D eigenvalue weighted by molar-refractivity contribution is -0.141. The maximum atomic E-state index is 12.1. The van der Waals surface area contributed by atoms with Gasteiger partial charge in [0.1, 0.15) is 0 Å². The molecule has 0 unspecified atom stereocenters. The summed E-state index contributed by atoms with van der Waals surface area (Å²) in [7, 11) is -0.781. The van der Waals surface area contributed by atoms with Gasteiger partial charge in [-0.25, -0.2) is 0 Å². The molecule has 0 radical (unpaired) electrons. The highest BCUT2D eigenvalue weighted by molar-refractivity contribution is 7.85. The lowest BCUT2D eigenvalue weighted by Gasteiger charge is -2.28. The number of carbonyl (C=O) groups excluding carboxylic acids is 1. The summed E-state index contributed by atoms with van der Waals surface area (Å²) in [5.41, 5.74) is 0. The van der Waals surface area contributed by atoms with E-state index >= 15 is 0 Å². The van der Waals surface area contributed by atoms with Gasteiger partial charge in [-0.1, -0.05) is 0 Å². The number of carbonyl (C=O) groups is 2. The highest BCUT2D eigenvalue weighted by atomic mass is 32.2. The summed E-state index contributed by atoms with van der Waals surface area (Å²) in [6.45, 7) is 1.11. The summed E-state index contributed by atoms with van der Waals surface area (Å²) in [5, 5.41) is 8.89. The van der Waals surface area contributed by atoms with E-state index in [1.165, 1.54) is 0 Å². The quantitative estimate of drug-likeness (QED) is 0.762. The average Bonchev–Trinajstić information content (AvgIpc) is 2.78. The molecule has 2 atom stereocenters. The van der Waals surface area contributed by atoms with Gasteiger partial charge in [0, 0.05) is 41.3 Å². The third-order valence-electron chi connectivity index (χ3n) is 3.62. The fraction of sp³-hybridized carbons (Fsp3) is 0.818. The number of carboxylic acid groups (broad SMARTS) is 1. The van der Waals surface area contributed by atoms with E-state index in [-0.39, 0.29) is 17.7 Å². The normalized spacial score (nSPS) is 30.5. The largest absolute Gasteiger partial charge is 0.481 e. The Morgan fingerprint density at radius 1 is 1.12 bits per heavy atom. The molecule has 1 heterocycles. The Labute approximate surface area is 103 Å². The molecule has 1 aliphatic heterocycles. The van der Waals surface area contributed by atoms with E-state index in [1.54, 1.807) is 4.90 Å². The maximum Gasteiger partial charge on any atom is 0.306 e. The van der Waals surface area contributed by atoms with Crippen LogP contribution in [0.15, 0.2) is 0 Å². The van der Waals surface area contributed by atoms with Crippen LogP contribution < -0.4 is 0 Å². The predicted molar refractivity (Wildman–Crippen MR) is 62.9 cm³/mol. The first-order valence-corrected chi connectivity index (χ1v) is 7.43. The fourth-order valence-electron chi connectivity index (χ4n) is 2.55. The summed E-state index contributed by atoms with van der Waals surface area (Å²) in [5.74, 6) is -0.113. The molecule has 1 saturated carbocycles. The van der Waals surface area contributed by atoms with E-state index in [2.05, 4.69) is 0 Å². The van der Waals surface area contributed by atoms with E-state index in [0.717, 1.165) is 0 Å². The van der Waals surface area contributed by atoms with Crippen molar-refractivity contribution in [3.63, 3.8) is 0 Å². The molecule has 6 heteroatoms. The van der Waals surface area contributed by atoms with E-state index in [1.807, 2.05) is 0 Å². The number of hydrogen-bond donors (Lipinski definition) is 1. The van der Waals surface area contributed by atoms with Crippen molar-refractivity contribution < 1.29 is 18.9 Å². The van der Waals surface area contributed by atoms with Gasteiger partial charge in [-0.15, -0.1) is 0 Å². The van der Waals surface area contributed by atoms with Crippen LogP contribution in [0.2, 0.25) is 0 Å². The van der Waals surface area contributed by atoms with Crippen LogP contribution in [0, 0.1) is 11.8 Å². The second-order valence-corrected chi connectivity index (χ2v) is 6.41. The molecular formula is C11H17NO4S. The summed E-state index contributed by atoms with van der Waals surface area (Å²) >= 11 is 0. The smallest absolute Gasteiger partial charge is 0.306 e. The molecule has 1 saturated heterocycles. The van der Waals surface area contributed by atoms with Gasteiger partial charge in [-0.05, 0) is 19.3 Å². The zero-order valence-corrected chi connectivity index (χ0v) is 10.4. The molecule has 17 heavy (non-hydrogen) atoms. The molecule has 2 fully saturated rings. The second-order valence-electron chi connectivity index (χ2n) is 4.72. The van der Waals surface area contributed by atoms with Crippen molar-refractivity contribution in [3.8, 4) is 0 Å². The Bertz CT molecular complexity index is 347. The van der Waals surface area contributed by atoms with Gasteiger partial charge in [-0.2, -0.15) is 0 Å². The third-order valence-corrected chi connectivity index (χ3v) is 4.90. The van der Waals surface area contributed by atoms with Gasteiger partial charge in [0.05, 0.1) is 5.92 Å². The molecule has 2 rings (SSSR count). The molecule has 0 aromatic carbocycles. The molecule has 0 spiro atoms. The van der Waals surface area contributed by atoms with Crippen LogP contribution in [0.4, 0.5) is 0 Å². The van der Waals surface area contributed by atoms with Crippen molar-refractivity contribution >= 4 is 22.7 Å². The molecule has 0 aromatic heterocycles. The second kappa shape index (κ2) is 5.16. The van der Waals surface area contributed by atoms with Crippen LogP contribution in [-0.4, -0.2) is 50.7 Å². The van der Waals surface area contributed by atoms with Crippen molar-refractivity contribution in [1.82, 2.24) is 4.90 Å². The van der Waals surface area contributed by atoms with Crippen molar-refractivity contribution in [2.45, 2.75) is 19.3 Å². The molecule has 5 nitrogen and oxygen atoms in total. The minimum absolute atomic E-state index is 0.0606. The molecule has 1 aliphatic carbocycles. The lowest BCUT2D eigenvalue weighted by Crippen LogP contribution is -2.44. The van der Waals surface area contributed by atoms with E-state index in [4.69, 9.17) is 5.11 Å². The highest BCUT2D eigenvalue weighted by Gasteiger charge is 2.36. The van der Waals surface area contributed by atoms with Crippen molar-refractivity contribution in [2.75, 3.05) is 24.6 Å². The predicted octanol–water partition coefficient (Wildman–Crippen LogP) is 0.0782. The van der Waals surface area contributed by atoms with Gasteiger partial charge in [0.2, 0.25) is 5.91 Å². The van der Waals surface area contributed by atoms with Crippen LogP contribution in [0.1, 0.15) is 19.3 Å². The SMILES string of the molecule is O=C(O)[C@H]1CC[C@@H](C(=O)N2CCS(=O)CC2)C1. The van der Waals surface area contributed by atoms with Crippen LogP contribution in [0.25, 0.3) is 0 Å². The van der Waals surface area contributed by atoms with Gasteiger partial charge >= 0.3 is 5.97 Å². The standard InChI is InChI=1S/C11H17NO4S/c13-10(12-3-5-17(16)6-4-12)8-1-2-9(7-8)11(14)15/h8-9H,1-7H2,(H,14,15)/t8-,9+/m1/s1. The number of hydrogen-bond acceptors (Lipinski definition) is 3. The van der Waals surface area contributed by atoms with Crippen molar-refractivity contribution in [2.24, 2.45) is 11.8 Å². The molecule has 1 amide bonds. The van der Waals surface area contributed by atoms with Crippen LogP contribution in [0.5, 0.6) is 0 Å². The topological polar surface area (TPSA) is 74.7 Å². The molecular weight excluding hydrogens is 242 g/mol. The van der Waals surface area contributed by atoms with E-state index < -0.39 is 16.8 Å². The molecule has 1 N–H and O–H groups in total. The minimum atomic E-state index is -0.792. The summed E-state index contributed by atoms with van der Waals surface area (Å²) in [6.07, 6.45) is 1.74. The number of rotatable bonds is 2. The molecule has 0 aromatic rings. The Balaban J connectivity index is 1.89.